The highest BCUT2D eigenvalue weighted by atomic mass is 16.3. The third-order valence-corrected chi connectivity index (χ3v) is 2.87. The summed E-state index contributed by atoms with van der Waals surface area (Å²) < 4.78 is 0. The zero-order valence-electron chi connectivity index (χ0n) is 9.84. The van der Waals surface area contributed by atoms with Crippen LogP contribution in [0.15, 0.2) is 0 Å². The van der Waals surface area contributed by atoms with Crippen LogP contribution in [-0.2, 0) is 4.79 Å². The normalized spacial score (nSPS) is 24.7. The van der Waals surface area contributed by atoms with E-state index in [0.29, 0.717) is 19.6 Å². The van der Waals surface area contributed by atoms with Crippen molar-refractivity contribution in [2.24, 2.45) is 11.3 Å². The van der Waals surface area contributed by atoms with Gasteiger partial charge in [-0.25, -0.2) is 0 Å². The summed E-state index contributed by atoms with van der Waals surface area (Å²) in [6.45, 7) is 7.89. The van der Waals surface area contributed by atoms with Crippen molar-refractivity contribution in [3.05, 3.63) is 0 Å². The van der Waals surface area contributed by atoms with Crippen molar-refractivity contribution in [1.29, 1.82) is 0 Å². The first-order valence-corrected chi connectivity index (χ1v) is 5.60. The average Bonchev–Trinajstić information content (AvgIpc) is 2.74. The second-order valence-electron chi connectivity index (χ2n) is 5.09. The van der Waals surface area contributed by atoms with Gasteiger partial charge >= 0.3 is 0 Å². The number of rotatable bonds is 6. The molecule has 2 unspecified atom stereocenters. The Hall–Kier alpha value is -0.610. The molecule has 0 aliphatic heterocycles. The van der Waals surface area contributed by atoms with Gasteiger partial charge in [0.1, 0.15) is 0 Å². The fraction of sp³-hybridized carbons (Fsp3) is 0.909. The van der Waals surface area contributed by atoms with Gasteiger partial charge in [0.2, 0.25) is 5.91 Å². The maximum absolute atomic E-state index is 11.5. The van der Waals surface area contributed by atoms with Gasteiger partial charge in [-0.05, 0) is 18.8 Å². The molecule has 0 saturated heterocycles. The molecule has 1 fully saturated rings. The highest BCUT2D eigenvalue weighted by molar-refractivity contribution is 5.82. The Kier molecular flexibility index (Phi) is 4.11. The van der Waals surface area contributed by atoms with E-state index in [1.807, 2.05) is 0 Å². The standard InChI is InChI=1S/C11H22N2O2/c1-8(14)7-12-4-5-13-10(15)9-6-11(9,2)3/h8-9,12,14H,4-7H2,1-3H3,(H,13,15). The number of hydrogen-bond acceptors (Lipinski definition) is 3. The fourth-order valence-corrected chi connectivity index (χ4v) is 1.62. The second-order valence-corrected chi connectivity index (χ2v) is 5.09. The van der Waals surface area contributed by atoms with Crippen molar-refractivity contribution < 1.29 is 9.90 Å². The molecule has 1 amide bonds. The molecule has 0 heterocycles. The summed E-state index contributed by atoms with van der Waals surface area (Å²) in [6, 6.07) is 0. The topological polar surface area (TPSA) is 61.4 Å². The molecule has 4 nitrogen and oxygen atoms in total. The Balaban J connectivity index is 1.99. The van der Waals surface area contributed by atoms with E-state index in [1.54, 1.807) is 6.92 Å². The molecule has 1 saturated carbocycles. The quantitative estimate of drug-likeness (QED) is 0.550. The molecule has 1 aliphatic rings. The van der Waals surface area contributed by atoms with Gasteiger partial charge in [-0.3, -0.25) is 4.79 Å². The van der Waals surface area contributed by atoms with Crippen molar-refractivity contribution in [2.75, 3.05) is 19.6 Å². The van der Waals surface area contributed by atoms with Crippen LogP contribution in [0.1, 0.15) is 27.2 Å². The van der Waals surface area contributed by atoms with Gasteiger partial charge in [0.15, 0.2) is 0 Å². The Bertz CT molecular complexity index is 227. The third-order valence-electron chi connectivity index (χ3n) is 2.87. The minimum atomic E-state index is -0.330. The van der Waals surface area contributed by atoms with Crippen LogP contribution in [-0.4, -0.2) is 36.8 Å². The first-order valence-electron chi connectivity index (χ1n) is 5.60. The molecule has 1 aliphatic carbocycles. The third kappa shape index (κ3) is 4.18. The van der Waals surface area contributed by atoms with E-state index < -0.39 is 0 Å². The molecule has 0 aromatic carbocycles. The van der Waals surface area contributed by atoms with Crippen molar-refractivity contribution >= 4 is 5.91 Å². The molecule has 4 heteroatoms. The number of amides is 1. The van der Waals surface area contributed by atoms with Gasteiger partial charge in [0, 0.05) is 25.6 Å². The molecule has 0 spiro atoms. The van der Waals surface area contributed by atoms with Crippen LogP contribution >= 0.6 is 0 Å². The van der Waals surface area contributed by atoms with Crippen LogP contribution in [0.25, 0.3) is 0 Å². The SMILES string of the molecule is CC(O)CNCCNC(=O)C1CC1(C)C. The molecule has 0 aromatic rings. The lowest BCUT2D eigenvalue weighted by atomic mass is 10.1. The summed E-state index contributed by atoms with van der Waals surface area (Å²) in [7, 11) is 0. The molecular formula is C11H22N2O2. The Morgan fingerprint density at radius 1 is 1.53 bits per heavy atom. The van der Waals surface area contributed by atoms with Gasteiger partial charge in [0.25, 0.3) is 0 Å². The second kappa shape index (κ2) is 4.94. The summed E-state index contributed by atoms with van der Waals surface area (Å²) in [6.07, 6.45) is 0.669. The summed E-state index contributed by atoms with van der Waals surface area (Å²) in [5.74, 6) is 0.369. The van der Waals surface area contributed by atoms with E-state index in [0.717, 1.165) is 6.42 Å². The molecule has 0 bridgehead atoms. The molecule has 0 radical (unpaired) electrons. The molecule has 1 rings (SSSR count). The number of carbonyl (C=O) groups is 1. The predicted molar refractivity (Wildman–Crippen MR) is 59.4 cm³/mol. The van der Waals surface area contributed by atoms with Gasteiger partial charge < -0.3 is 15.7 Å². The van der Waals surface area contributed by atoms with Crippen molar-refractivity contribution in [3.8, 4) is 0 Å². The van der Waals surface area contributed by atoms with Crippen LogP contribution < -0.4 is 10.6 Å². The zero-order valence-corrected chi connectivity index (χ0v) is 9.84. The minimum Gasteiger partial charge on any atom is -0.392 e. The summed E-state index contributed by atoms with van der Waals surface area (Å²) >= 11 is 0. The van der Waals surface area contributed by atoms with Gasteiger partial charge in [-0.15, -0.1) is 0 Å². The number of hydrogen-bond donors (Lipinski definition) is 3. The average molecular weight is 214 g/mol. The Labute approximate surface area is 91.4 Å². The molecule has 0 aromatic heterocycles. The lowest BCUT2D eigenvalue weighted by molar-refractivity contribution is -0.122. The highest BCUT2D eigenvalue weighted by Crippen LogP contribution is 2.51. The van der Waals surface area contributed by atoms with Crippen molar-refractivity contribution in [3.63, 3.8) is 0 Å². The summed E-state index contributed by atoms with van der Waals surface area (Å²) in [4.78, 5) is 11.5. The van der Waals surface area contributed by atoms with Gasteiger partial charge in [0.05, 0.1) is 6.10 Å². The van der Waals surface area contributed by atoms with Crippen molar-refractivity contribution in [2.45, 2.75) is 33.3 Å². The largest absolute Gasteiger partial charge is 0.392 e. The van der Waals surface area contributed by atoms with Crippen LogP contribution in [0.2, 0.25) is 0 Å². The molecular weight excluding hydrogens is 192 g/mol. The first kappa shape index (κ1) is 12.5. The van der Waals surface area contributed by atoms with E-state index in [2.05, 4.69) is 24.5 Å². The highest BCUT2D eigenvalue weighted by Gasteiger charge is 2.50. The van der Waals surface area contributed by atoms with Crippen molar-refractivity contribution in [1.82, 2.24) is 10.6 Å². The van der Waals surface area contributed by atoms with Gasteiger partial charge in [-0.2, -0.15) is 0 Å². The molecule has 88 valence electrons. The monoisotopic (exact) mass is 214 g/mol. The lowest BCUT2D eigenvalue weighted by Crippen LogP contribution is -2.35. The Morgan fingerprint density at radius 2 is 2.13 bits per heavy atom. The lowest BCUT2D eigenvalue weighted by Gasteiger charge is -2.08. The number of aliphatic hydroxyl groups is 1. The Morgan fingerprint density at radius 3 is 2.60 bits per heavy atom. The van der Waals surface area contributed by atoms with Gasteiger partial charge in [-0.1, -0.05) is 13.8 Å². The number of aliphatic hydroxyl groups excluding tert-OH is 1. The maximum Gasteiger partial charge on any atom is 0.223 e. The maximum atomic E-state index is 11.5. The molecule has 3 N–H and O–H groups in total. The van der Waals surface area contributed by atoms with E-state index in [4.69, 9.17) is 5.11 Å². The van der Waals surface area contributed by atoms with Crippen LogP contribution in [0.5, 0.6) is 0 Å². The van der Waals surface area contributed by atoms with Crippen LogP contribution in [0.3, 0.4) is 0 Å². The first-order chi connectivity index (χ1) is 6.93. The van der Waals surface area contributed by atoms with Crippen LogP contribution in [0, 0.1) is 11.3 Å². The van der Waals surface area contributed by atoms with E-state index >= 15 is 0 Å². The summed E-state index contributed by atoms with van der Waals surface area (Å²) in [5, 5.41) is 14.9. The van der Waals surface area contributed by atoms with Crippen LogP contribution in [0.4, 0.5) is 0 Å². The zero-order chi connectivity index (χ0) is 11.5. The number of nitrogens with one attached hydrogen (secondary N) is 2. The molecule has 15 heavy (non-hydrogen) atoms. The number of carbonyl (C=O) groups excluding carboxylic acids is 1. The summed E-state index contributed by atoms with van der Waals surface area (Å²) in [5.41, 5.74) is 0.205. The molecule has 2 atom stereocenters. The predicted octanol–water partition coefficient (Wildman–Crippen LogP) is 0.119. The van der Waals surface area contributed by atoms with E-state index in [-0.39, 0.29) is 23.3 Å². The van der Waals surface area contributed by atoms with E-state index in [1.165, 1.54) is 0 Å². The fourth-order valence-electron chi connectivity index (χ4n) is 1.62. The van der Waals surface area contributed by atoms with E-state index in [9.17, 15) is 4.79 Å². The minimum absolute atomic E-state index is 0.166. The smallest absolute Gasteiger partial charge is 0.223 e.